The van der Waals surface area contributed by atoms with Crippen molar-refractivity contribution in [3.05, 3.63) is 64.2 Å². The Labute approximate surface area is 179 Å². The van der Waals surface area contributed by atoms with Gasteiger partial charge < -0.3 is 14.7 Å². The molecule has 4 aromatic rings. The molecule has 0 radical (unpaired) electrons. The second-order valence-corrected chi connectivity index (χ2v) is 9.29. The maximum absolute atomic E-state index is 12.7. The Hall–Kier alpha value is -3.61. The Morgan fingerprint density at radius 3 is 2.61 bits per heavy atom. The number of carboxylic acids is 1. The van der Waals surface area contributed by atoms with E-state index >= 15 is 0 Å². The van der Waals surface area contributed by atoms with Crippen LogP contribution in [0.25, 0.3) is 33.4 Å². The average molecular weight is 416 g/mol. The van der Waals surface area contributed by atoms with Gasteiger partial charge in [0.15, 0.2) is 5.43 Å². The van der Waals surface area contributed by atoms with Crippen LogP contribution in [0.3, 0.4) is 0 Å². The van der Waals surface area contributed by atoms with Crippen LogP contribution in [0.1, 0.15) is 42.7 Å². The van der Waals surface area contributed by atoms with E-state index in [1.807, 2.05) is 28.6 Å². The fourth-order valence-corrected chi connectivity index (χ4v) is 4.78. The number of aromatic carboxylic acids is 1. The molecule has 2 N–H and O–H groups in total. The van der Waals surface area contributed by atoms with Crippen LogP contribution in [0, 0.1) is 5.41 Å². The van der Waals surface area contributed by atoms with Crippen LogP contribution < -0.4 is 5.43 Å². The first kappa shape index (κ1) is 19.4. The van der Waals surface area contributed by atoms with Gasteiger partial charge in [-0.25, -0.2) is 4.79 Å². The number of fused-ring (bicyclic) bond motifs is 5. The van der Waals surface area contributed by atoms with Gasteiger partial charge in [0.05, 0.1) is 16.9 Å². The predicted octanol–water partition coefficient (Wildman–Crippen LogP) is 4.24. The fourth-order valence-electron chi connectivity index (χ4n) is 4.78. The number of hydrogen-bond donors (Lipinski definition) is 2. The van der Waals surface area contributed by atoms with Gasteiger partial charge in [0.2, 0.25) is 0 Å². The summed E-state index contributed by atoms with van der Waals surface area (Å²) in [6, 6.07) is 7.62. The normalized spacial score (nSPS) is 15.7. The van der Waals surface area contributed by atoms with Gasteiger partial charge in [-0.2, -0.15) is 5.10 Å². The number of hydrogen-bond acceptors (Lipinski definition) is 3. The minimum atomic E-state index is -1.20. The summed E-state index contributed by atoms with van der Waals surface area (Å²) in [5.74, 6) is -1.20. The first-order chi connectivity index (χ1) is 14.7. The lowest BCUT2D eigenvalue weighted by molar-refractivity contribution is 0.0693. The van der Waals surface area contributed by atoms with Crippen molar-refractivity contribution in [2.45, 2.75) is 33.2 Å². The van der Waals surface area contributed by atoms with Crippen LogP contribution in [0.2, 0.25) is 0 Å². The number of aromatic amines is 1. The largest absolute Gasteiger partial charge is 0.477 e. The SMILES string of the molecule is Cn1nccc1-c1cc2c(c3cc[nH]c13)C[C@@H](C(C)(C)C)n1cc(C(=O)O)c(=O)cc1-2. The van der Waals surface area contributed by atoms with Crippen molar-refractivity contribution in [1.29, 1.82) is 0 Å². The molecule has 1 atom stereocenters. The molecule has 31 heavy (non-hydrogen) atoms. The van der Waals surface area contributed by atoms with E-state index in [1.165, 1.54) is 17.8 Å². The minimum Gasteiger partial charge on any atom is -0.477 e. The van der Waals surface area contributed by atoms with E-state index in [4.69, 9.17) is 0 Å². The van der Waals surface area contributed by atoms with E-state index < -0.39 is 11.4 Å². The first-order valence-electron chi connectivity index (χ1n) is 10.3. The number of pyridine rings is 1. The van der Waals surface area contributed by atoms with Crippen LogP contribution in [0.4, 0.5) is 0 Å². The zero-order valence-electron chi connectivity index (χ0n) is 17.9. The van der Waals surface area contributed by atoms with E-state index in [9.17, 15) is 14.7 Å². The number of carbonyl (C=O) groups is 1. The molecule has 3 aromatic heterocycles. The molecule has 158 valence electrons. The zero-order chi connectivity index (χ0) is 22.1. The summed E-state index contributed by atoms with van der Waals surface area (Å²) >= 11 is 0. The monoisotopic (exact) mass is 416 g/mol. The molecule has 0 bridgehead atoms. The number of rotatable bonds is 2. The Morgan fingerprint density at radius 1 is 1.19 bits per heavy atom. The molecule has 0 spiro atoms. The lowest BCUT2D eigenvalue weighted by atomic mass is 9.77. The van der Waals surface area contributed by atoms with Crippen LogP contribution in [-0.4, -0.2) is 30.4 Å². The van der Waals surface area contributed by atoms with E-state index in [2.05, 4.69) is 43.0 Å². The summed E-state index contributed by atoms with van der Waals surface area (Å²) in [7, 11) is 1.90. The number of aryl methyl sites for hydroxylation is 1. The highest BCUT2D eigenvalue weighted by molar-refractivity contribution is 6.00. The fraction of sp³-hybridized carbons (Fsp3) is 0.292. The van der Waals surface area contributed by atoms with Gasteiger partial charge >= 0.3 is 5.97 Å². The summed E-state index contributed by atoms with van der Waals surface area (Å²) in [6.45, 7) is 6.43. The van der Waals surface area contributed by atoms with Gasteiger partial charge in [-0.1, -0.05) is 20.8 Å². The van der Waals surface area contributed by atoms with Crippen molar-refractivity contribution in [2.24, 2.45) is 12.5 Å². The lowest BCUT2D eigenvalue weighted by Crippen LogP contribution is -2.33. The second kappa shape index (κ2) is 6.44. The molecule has 0 saturated carbocycles. The van der Waals surface area contributed by atoms with Gasteiger partial charge in [0.1, 0.15) is 5.56 Å². The van der Waals surface area contributed by atoms with Crippen molar-refractivity contribution in [2.75, 3.05) is 0 Å². The van der Waals surface area contributed by atoms with Crippen LogP contribution in [0.5, 0.6) is 0 Å². The third-order valence-corrected chi connectivity index (χ3v) is 6.37. The van der Waals surface area contributed by atoms with Crippen molar-refractivity contribution in [3.8, 4) is 22.5 Å². The summed E-state index contributed by atoms with van der Waals surface area (Å²) in [6.07, 6.45) is 5.96. The number of nitrogens with zero attached hydrogens (tertiary/aromatic N) is 3. The maximum Gasteiger partial charge on any atom is 0.341 e. The third-order valence-electron chi connectivity index (χ3n) is 6.37. The lowest BCUT2D eigenvalue weighted by Gasteiger charge is -2.39. The third kappa shape index (κ3) is 2.84. The molecular weight excluding hydrogens is 392 g/mol. The van der Waals surface area contributed by atoms with Gasteiger partial charge in [-0.3, -0.25) is 9.48 Å². The summed E-state index contributed by atoms with van der Waals surface area (Å²) < 4.78 is 3.81. The molecular formula is C24H24N4O3. The molecule has 0 saturated heterocycles. The maximum atomic E-state index is 12.7. The standard InChI is InChI=1S/C24H24N4O3/c1-24(2,3)21-10-14-13-5-7-25-22(13)16(18-6-8-26-27(18)4)9-15(14)19-11-20(29)17(23(30)31)12-28(19)21/h5-9,11-12,21,25H,10H2,1-4H3,(H,30,31)/t21-/m0/s1. The average Bonchev–Trinajstić information content (AvgIpc) is 3.34. The summed E-state index contributed by atoms with van der Waals surface area (Å²) in [5, 5.41) is 15.0. The molecule has 1 aliphatic rings. The zero-order valence-corrected chi connectivity index (χ0v) is 17.9. The van der Waals surface area contributed by atoms with Crippen LogP contribution >= 0.6 is 0 Å². The van der Waals surface area contributed by atoms with Crippen molar-refractivity contribution < 1.29 is 9.90 Å². The highest BCUT2D eigenvalue weighted by Gasteiger charge is 2.35. The second-order valence-electron chi connectivity index (χ2n) is 9.29. The van der Waals surface area contributed by atoms with Gasteiger partial charge in [-0.15, -0.1) is 0 Å². The van der Waals surface area contributed by atoms with Crippen LogP contribution in [0.15, 0.2) is 47.7 Å². The van der Waals surface area contributed by atoms with E-state index in [0.29, 0.717) is 0 Å². The van der Waals surface area contributed by atoms with Gasteiger partial charge in [0, 0.05) is 54.3 Å². The van der Waals surface area contributed by atoms with Crippen LogP contribution in [-0.2, 0) is 13.5 Å². The molecule has 0 aliphatic carbocycles. The Bertz CT molecular complexity index is 1420. The molecule has 7 nitrogen and oxygen atoms in total. The highest BCUT2D eigenvalue weighted by atomic mass is 16.4. The molecule has 7 heteroatoms. The van der Waals surface area contributed by atoms with Gasteiger partial charge in [0.25, 0.3) is 0 Å². The van der Waals surface area contributed by atoms with E-state index in [0.717, 1.165) is 39.8 Å². The summed E-state index contributed by atoms with van der Waals surface area (Å²) in [5.41, 5.74) is 5.06. The number of benzene rings is 1. The number of aromatic nitrogens is 4. The molecule has 5 rings (SSSR count). The molecule has 1 aromatic carbocycles. The number of H-pyrrole nitrogens is 1. The molecule has 0 fully saturated rings. The van der Waals surface area contributed by atoms with E-state index in [-0.39, 0.29) is 17.0 Å². The molecule has 0 unspecified atom stereocenters. The van der Waals surface area contributed by atoms with Gasteiger partial charge in [-0.05, 0) is 35.6 Å². The smallest absolute Gasteiger partial charge is 0.341 e. The van der Waals surface area contributed by atoms with Crippen molar-refractivity contribution >= 4 is 16.9 Å². The van der Waals surface area contributed by atoms with Crippen molar-refractivity contribution in [1.82, 2.24) is 19.3 Å². The number of carboxylic acid groups (broad SMARTS) is 1. The number of nitrogens with one attached hydrogen (secondary N) is 1. The molecule has 1 aliphatic heterocycles. The van der Waals surface area contributed by atoms with E-state index in [1.54, 1.807) is 6.20 Å². The molecule has 0 amide bonds. The predicted molar refractivity (Wildman–Crippen MR) is 119 cm³/mol. The highest BCUT2D eigenvalue weighted by Crippen LogP contribution is 2.46. The first-order valence-corrected chi connectivity index (χ1v) is 10.3. The molecule has 4 heterocycles. The quantitative estimate of drug-likeness (QED) is 0.511. The Balaban J connectivity index is 1.88. The topological polar surface area (TPSA) is 92.9 Å². The minimum absolute atomic E-state index is 0.00866. The Morgan fingerprint density at radius 2 is 1.97 bits per heavy atom. The Kier molecular flexibility index (Phi) is 4.02. The van der Waals surface area contributed by atoms with Crippen molar-refractivity contribution in [3.63, 3.8) is 0 Å². The summed E-state index contributed by atoms with van der Waals surface area (Å²) in [4.78, 5) is 27.7.